The first-order valence-electron chi connectivity index (χ1n) is 8.82. The molecular formula is C21H17FN2O3S2. The molecule has 0 bridgehead atoms. The Morgan fingerprint density at radius 3 is 2.45 bits per heavy atom. The standard InChI is InChI=1S/C21H17FN2O3S2/c22-18-11-4-5-12-19(18)24-20(25)14-28-21(24)15-7-6-8-16(13-15)23-29(26,27)17-9-2-1-3-10-17/h1-13,21,23H,14H2. The summed E-state index contributed by atoms with van der Waals surface area (Å²) in [4.78, 5) is 14.0. The third-order valence-electron chi connectivity index (χ3n) is 4.46. The minimum Gasteiger partial charge on any atom is -0.292 e. The number of sulfonamides is 1. The van der Waals surface area contributed by atoms with E-state index >= 15 is 0 Å². The van der Waals surface area contributed by atoms with Gasteiger partial charge in [-0.25, -0.2) is 12.8 Å². The van der Waals surface area contributed by atoms with Gasteiger partial charge in [0.25, 0.3) is 10.0 Å². The number of hydrogen-bond acceptors (Lipinski definition) is 4. The summed E-state index contributed by atoms with van der Waals surface area (Å²) in [6, 6.07) is 21.0. The number of carbonyl (C=O) groups is 1. The molecule has 1 aliphatic rings. The Hall–Kier alpha value is -2.84. The van der Waals surface area contributed by atoms with Gasteiger partial charge in [-0.15, -0.1) is 11.8 Å². The number of amides is 1. The SMILES string of the molecule is O=C1CSC(c2cccc(NS(=O)(=O)c3ccccc3)c2)N1c1ccccc1F. The van der Waals surface area contributed by atoms with Crippen LogP contribution in [0.1, 0.15) is 10.9 Å². The van der Waals surface area contributed by atoms with Crippen LogP contribution in [-0.4, -0.2) is 20.1 Å². The van der Waals surface area contributed by atoms with Crippen molar-refractivity contribution < 1.29 is 17.6 Å². The number of nitrogens with zero attached hydrogens (tertiary/aromatic N) is 1. The van der Waals surface area contributed by atoms with E-state index in [-0.39, 0.29) is 22.2 Å². The fourth-order valence-corrected chi connectivity index (χ4v) is 5.38. The van der Waals surface area contributed by atoms with Crippen molar-refractivity contribution in [3.63, 3.8) is 0 Å². The summed E-state index contributed by atoms with van der Waals surface area (Å²) < 4.78 is 42.0. The predicted molar refractivity (Wildman–Crippen MR) is 113 cm³/mol. The maximum Gasteiger partial charge on any atom is 0.261 e. The number of carbonyl (C=O) groups excluding carboxylic acids is 1. The Balaban J connectivity index is 1.65. The normalized spacial score (nSPS) is 16.8. The summed E-state index contributed by atoms with van der Waals surface area (Å²) >= 11 is 1.37. The quantitative estimate of drug-likeness (QED) is 0.654. The summed E-state index contributed by atoms with van der Waals surface area (Å²) in [5.74, 6) is -0.450. The first-order chi connectivity index (χ1) is 14.0. The number of nitrogens with one attached hydrogen (secondary N) is 1. The van der Waals surface area contributed by atoms with Gasteiger partial charge in [0.15, 0.2) is 0 Å². The van der Waals surface area contributed by atoms with Crippen LogP contribution in [0.3, 0.4) is 0 Å². The van der Waals surface area contributed by atoms with Crippen molar-refractivity contribution in [2.75, 3.05) is 15.4 Å². The second-order valence-electron chi connectivity index (χ2n) is 6.42. The van der Waals surface area contributed by atoms with E-state index in [0.29, 0.717) is 11.3 Å². The Morgan fingerprint density at radius 1 is 0.966 bits per heavy atom. The van der Waals surface area contributed by atoms with Crippen molar-refractivity contribution in [2.24, 2.45) is 0 Å². The second-order valence-corrected chi connectivity index (χ2v) is 9.17. The van der Waals surface area contributed by atoms with Crippen LogP contribution in [0.15, 0.2) is 83.8 Å². The molecule has 1 aliphatic heterocycles. The molecule has 0 aromatic heterocycles. The second kappa shape index (κ2) is 7.88. The maximum atomic E-state index is 14.3. The van der Waals surface area contributed by atoms with Gasteiger partial charge in [-0.1, -0.05) is 42.5 Å². The minimum absolute atomic E-state index is 0.156. The van der Waals surface area contributed by atoms with Crippen molar-refractivity contribution in [1.82, 2.24) is 0 Å². The lowest BCUT2D eigenvalue weighted by Crippen LogP contribution is -2.28. The molecule has 148 valence electrons. The molecule has 1 fully saturated rings. The zero-order chi connectivity index (χ0) is 20.4. The molecule has 3 aromatic rings. The van der Waals surface area contributed by atoms with E-state index in [0.717, 1.165) is 0 Å². The minimum atomic E-state index is -3.73. The molecule has 0 aliphatic carbocycles. The molecule has 1 atom stereocenters. The average Bonchev–Trinajstić information content (AvgIpc) is 3.10. The summed E-state index contributed by atoms with van der Waals surface area (Å²) in [6.45, 7) is 0. The lowest BCUT2D eigenvalue weighted by Gasteiger charge is -2.25. The largest absolute Gasteiger partial charge is 0.292 e. The van der Waals surface area contributed by atoms with Gasteiger partial charge >= 0.3 is 0 Å². The van der Waals surface area contributed by atoms with E-state index in [1.807, 2.05) is 0 Å². The molecule has 4 rings (SSSR count). The van der Waals surface area contributed by atoms with Crippen LogP contribution in [0, 0.1) is 5.82 Å². The molecule has 0 spiro atoms. The van der Waals surface area contributed by atoms with Gasteiger partial charge in [0, 0.05) is 5.69 Å². The number of para-hydroxylation sites is 1. The zero-order valence-electron chi connectivity index (χ0n) is 15.2. The van der Waals surface area contributed by atoms with Crippen molar-refractivity contribution in [3.8, 4) is 0 Å². The lowest BCUT2D eigenvalue weighted by atomic mass is 10.1. The van der Waals surface area contributed by atoms with Gasteiger partial charge in [-0.2, -0.15) is 0 Å². The molecule has 8 heteroatoms. The van der Waals surface area contributed by atoms with Gasteiger partial charge in [-0.05, 0) is 42.0 Å². The lowest BCUT2D eigenvalue weighted by molar-refractivity contribution is -0.115. The van der Waals surface area contributed by atoms with Crippen molar-refractivity contribution in [3.05, 3.63) is 90.2 Å². The summed E-state index contributed by atoms with van der Waals surface area (Å²) in [7, 11) is -3.73. The fourth-order valence-electron chi connectivity index (χ4n) is 3.15. The van der Waals surface area contributed by atoms with Crippen LogP contribution in [0.5, 0.6) is 0 Å². The van der Waals surface area contributed by atoms with Gasteiger partial charge in [0.2, 0.25) is 5.91 Å². The predicted octanol–water partition coefficient (Wildman–Crippen LogP) is 4.41. The van der Waals surface area contributed by atoms with E-state index < -0.39 is 21.2 Å². The molecule has 1 heterocycles. The molecule has 1 N–H and O–H groups in total. The van der Waals surface area contributed by atoms with Gasteiger partial charge in [-0.3, -0.25) is 14.4 Å². The van der Waals surface area contributed by atoms with Crippen LogP contribution in [0.2, 0.25) is 0 Å². The molecule has 0 saturated carbocycles. The highest BCUT2D eigenvalue weighted by Gasteiger charge is 2.35. The molecule has 5 nitrogen and oxygen atoms in total. The highest BCUT2D eigenvalue weighted by molar-refractivity contribution is 8.00. The Kier molecular flexibility index (Phi) is 5.29. The third-order valence-corrected chi connectivity index (χ3v) is 7.07. The van der Waals surface area contributed by atoms with Crippen LogP contribution < -0.4 is 9.62 Å². The molecule has 1 saturated heterocycles. The fraction of sp³-hybridized carbons (Fsp3) is 0.0952. The van der Waals surface area contributed by atoms with Crippen molar-refractivity contribution >= 4 is 39.1 Å². The summed E-state index contributed by atoms with van der Waals surface area (Å²) in [6.07, 6.45) is 0. The van der Waals surface area contributed by atoms with Gasteiger partial charge in [0.05, 0.1) is 16.3 Å². The summed E-state index contributed by atoms with van der Waals surface area (Å²) in [5, 5.41) is -0.444. The van der Waals surface area contributed by atoms with Crippen LogP contribution in [0.25, 0.3) is 0 Å². The van der Waals surface area contributed by atoms with Crippen LogP contribution in [-0.2, 0) is 14.8 Å². The highest BCUT2D eigenvalue weighted by Crippen LogP contribution is 2.43. The number of anilines is 2. The molecule has 29 heavy (non-hydrogen) atoms. The van der Waals surface area contributed by atoms with E-state index in [1.165, 1.54) is 34.9 Å². The number of benzene rings is 3. The van der Waals surface area contributed by atoms with Crippen LogP contribution >= 0.6 is 11.8 Å². The maximum absolute atomic E-state index is 14.3. The van der Waals surface area contributed by atoms with Crippen LogP contribution in [0.4, 0.5) is 15.8 Å². The number of rotatable bonds is 5. The first-order valence-corrected chi connectivity index (χ1v) is 11.3. The molecule has 3 aromatic carbocycles. The Morgan fingerprint density at radius 2 is 1.69 bits per heavy atom. The van der Waals surface area contributed by atoms with E-state index in [4.69, 9.17) is 0 Å². The number of thioether (sulfide) groups is 1. The zero-order valence-corrected chi connectivity index (χ0v) is 16.8. The molecule has 0 radical (unpaired) electrons. The van der Waals surface area contributed by atoms with Gasteiger partial charge < -0.3 is 0 Å². The van der Waals surface area contributed by atoms with E-state index in [2.05, 4.69) is 4.72 Å². The third kappa shape index (κ3) is 3.99. The van der Waals surface area contributed by atoms with Crippen molar-refractivity contribution in [2.45, 2.75) is 10.3 Å². The Labute approximate surface area is 172 Å². The monoisotopic (exact) mass is 428 g/mol. The molecular weight excluding hydrogens is 411 g/mol. The average molecular weight is 429 g/mol. The van der Waals surface area contributed by atoms with Gasteiger partial charge in [0.1, 0.15) is 11.2 Å². The first kappa shape index (κ1) is 19.5. The Bertz CT molecular complexity index is 1150. The van der Waals surface area contributed by atoms with Crippen molar-refractivity contribution in [1.29, 1.82) is 0 Å². The topological polar surface area (TPSA) is 66.5 Å². The number of halogens is 1. The van der Waals surface area contributed by atoms with E-state index in [1.54, 1.807) is 60.7 Å². The highest BCUT2D eigenvalue weighted by atomic mass is 32.2. The molecule has 1 amide bonds. The number of hydrogen-bond donors (Lipinski definition) is 1. The smallest absolute Gasteiger partial charge is 0.261 e. The molecule has 1 unspecified atom stereocenters. The van der Waals surface area contributed by atoms with E-state index in [9.17, 15) is 17.6 Å². The summed E-state index contributed by atoms with van der Waals surface area (Å²) in [5.41, 5.74) is 1.29.